The Bertz CT molecular complexity index is 995. The molecule has 0 spiro atoms. The van der Waals surface area contributed by atoms with Gasteiger partial charge in [-0.05, 0) is 62.0 Å². The maximum Gasteiger partial charge on any atom is 0.348 e. The minimum absolute atomic E-state index is 0.206. The first-order valence-corrected chi connectivity index (χ1v) is 9.28. The molecule has 0 aromatic heterocycles. The molecule has 0 atom stereocenters. The maximum atomic E-state index is 12.6. The lowest BCUT2D eigenvalue weighted by Crippen LogP contribution is -2.15. The number of carbonyl (C=O) groups is 1. The Balaban J connectivity index is 1.79. The van der Waals surface area contributed by atoms with Crippen LogP contribution < -0.4 is 18.9 Å². The number of hydrogen-bond donors (Lipinski definition) is 0. The van der Waals surface area contributed by atoms with Gasteiger partial charge in [-0.3, -0.25) is 0 Å². The van der Waals surface area contributed by atoms with Crippen molar-refractivity contribution in [3.63, 3.8) is 0 Å². The summed E-state index contributed by atoms with van der Waals surface area (Å²) >= 11 is 0. The van der Waals surface area contributed by atoms with Crippen molar-refractivity contribution in [2.45, 2.75) is 6.42 Å². The molecule has 2 heterocycles. The molecule has 152 valence electrons. The smallest absolute Gasteiger partial charge is 0.348 e. The largest absolute Gasteiger partial charge is 0.493 e. The van der Waals surface area contributed by atoms with Crippen LogP contribution in [0.3, 0.4) is 0 Å². The summed E-state index contributed by atoms with van der Waals surface area (Å²) in [6.07, 6.45) is 2.68. The molecule has 0 aliphatic carbocycles. The number of methoxy groups -OCH3 is 2. The number of rotatable bonds is 6. The van der Waals surface area contributed by atoms with E-state index in [1.165, 1.54) is 14.2 Å². The molecule has 0 radical (unpaired) electrons. The van der Waals surface area contributed by atoms with Gasteiger partial charge in [-0.15, -0.1) is 0 Å². The molecule has 2 aliphatic rings. The third kappa shape index (κ3) is 3.49. The Hall–Kier alpha value is -3.19. The van der Waals surface area contributed by atoms with Crippen molar-refractivity contribution < 1.29 is 28.5 Å². The summed E-state index contributed by atoms with van der Waals surface area (Å²) in [6, 6.07) is 7.48. The van der Waals surface area contributed by atoms with E-state index in [-0.39, 0.29) is 6.79 Å². The second-order valence-electron chi connectivity index (χ2n) is 7.08. The van der Waals surface area contributed by atoms with Gasteiger partial charge in [0.2, 0.25) is 6.79 Å². The Morgan fingerprint density at radius 3 is 2.55 bits per heavy atom. The topological polar surface area (TPSA) is 66.5 Å². The summed E-state index contributed by atoms with van der Waals surface area (Å²) in [7, 11) is 7.09. The van der Waals surface area contributed by atoms with Crippen LogP contribution in [0.2, 0.25) is 0 Å². The maximum absolute atomic E-state index is 12.6. The molecule has 2 aliphatic heterocycles. The van der Waals surface area contributed by atoms with Crippen LogP contribution >= 0.6 is 0 Å². The van der Waals surface area contributed by atoms with E-state index < -0.39 is 5.97 Å². The van der Waals surface area contributed by atoms with Crippen molar-refractivity contribution >= 4 is 17.8 Å². The first-order chi connectivity index (χ1) is 14.0. The number of ether oxygens (including phenoxy) is 5. The van der Waals surface area contributed by atoms with Crippen LogP contribution in [0.1, 0.15) is 27.0 Å². The molecule has 0 fully saturated rings. The van der Waals surface area contributed by atoms with E-state index in [1.807, 2.05) is 32.3 Å². The average Bonchev–Trinajstić information content (AvgIpc) is 3.29. The highest BCUT2D eigenvalue weighted by molar-refractivity contribution is 6.08. The zero-order valence-corrected chi connectivity index (χ0v) is 16.9. The molecular formula is C22H23NO6. The highest BCUT2D eigenvalue weighted by Crippen LogP contribution is 2.43. The number of esters is 1. The fourth-order valence-electron chi connectivity index (χ4n) is 3.48. The standard InChI is InChI=1S/C22H23NO6/c1-23(2)8-7-13-9-18-19(28-12-27-18)11-14(13)10-17-15-5-6-16(25-3)21(26-4)20(15)22(24)29-17/h5-6,9-11H,7-8,12H2,1-4H3/b17-10+. The zero-order valence-electron chi connectivity index (χ0n) is 16.9. The van der Waals surface area contributed by atoms with Gasteiger partial charge in [-0.2, -0.15) is 0 Å². The van der Waals surface area contributed by atoms with Gasteiger partial charge in [0.05, 0.1) is 14.2 Å². The van der Waals surface area contributed by atoms with Gasteiger partial charge in [0.15, 0.2) is 23.0 Å². The van der Waals surface area contributed by atoms with Gasteiger partial charge < -0.3 is 28.6 Å². The quantitative estimate of drug-likeness (QED) is 0.694. The summed E-state index contributed by atoms with van der Waals surface area (Å²) in [5, 5.41) is 0. The molecule has 7 heteroatoms. The summed E-state index contributed by atoms with van der Waals surface area (Å²) in [4.78, 5) is 14.7. The molecule has 29 heavy (non-hydrogen) atoms. The molecule has 0 unspecified atom stereocenters. The third-order valence-corrected chi connectivity index (χ3v) is 4.97. The van der Waals surface area contributed by atoms with Crippen LogP contribution in [0.15, 0.2) is 24.3 Å². The van der Waals surface area contributed by atoms with Gasteiger partial charge in [-0.1, -0.05) is 0 Å². The lowest BCUT2D eigenvalue weighted by molar-refractivity contribution is 0.0713. The molecule has 0 saturated carbocycles. The van der Waals surface area contributed by atoms with Gasteiger partial charge in [-0.25, -0.2) is 4.79 Å². The first-order valence-electron chi connectivity index (χ1n) is 9.28. The zero-order chi connectivity index (χ0) is 20.5. The molecule has 0 N–H and O–H groups in total. The Morgan fingerprint density at radius 2 is 1.86 bits per heavy atom. The van der Waals surface area contributed by atoms with E-state index in [4.69, 9.17) is 23.7 Å². The number of benzene rings is 2. The van der Waals surface area contributed by atoms with Crippen molar-refractivity contribution in [2.24, 2.45) is 0 Å². The van der Waals surface area contributed by atoms with Crippen molar-refractivity contribution in [3.8, 4) is 23.0 Å². The first kappa shape index (κ1) is 19.1. The van der Waals surface area contributed by atoms with E-state index in [0.717, 1.165) is 29.8 Å². The Kier molecular flexibility index (Phi) is 5.07. The molecule has 4 rings (SSSR count). The second-order valence-corrected chi connectivity index (χ2v) is 7.08. The number of nitrogens with zero attached hydrogens (tertiary/aromatic N) is 1. The van der Waals surface area contributed by atoms with Crippen LogP contribution in [-0.4, -0.2) is 52.5 Å². The van der Waals surface area contributed by atoms with E-state index in [9.17, 15) is 4.79 Å². The monoisotopic (exact) mass is 397 g/mol. The van der Waals surface area contributed by atoms with Gasteiger partial charge in [0.25, 0.3) is 0 Å². The fraction of sp³-hybridized carbons (Fsp3) is 0.318. The molecule has 0 bridgehead atoms. The fourth-order valence-corrected chi connectivity index (χ4v) is 3.48. The normalized spacial score (nSPS) is 15.6. The number of likely N-dealkylation sites (N-methyl/N-ethyl adjacent to an activating group) is 1. The molecular weight excluding hydrogens is 374 g/mol. The Morgan fingerprint density at radius 1 is 1.10 bits per heavy atom. The summed E-state index contributed by atoms with van der Waals surface area (Å²) < 4.78 is 27.3. The lowest BCUT2D eigenvalue weighted by atomic mass is 10.00. The van der Waals surface area contributed by atoms with E-state index in [0.29, 0.717) is 34.1 Å². The van der Waals surface area contributed by atoms with Crippen LogP contribution in [0.4, 0.5) is 0 Å². The van der Waals surface area contributed by atoms with Crippen molar-refractivity contribution in [1.29, 1.82) is 0 Å². The number of hydrogen-bond acceptors (Lipinski definition) is 7. The SMILES string of the molecule is COc1ccc2c(c1OC)C(=O)O/C2=C/c1cc2c(cc1CCN(C)C)OCO2. The second kappa shape index (κ2) is 7.67. The number of carbonyl (C=O) groups excluding carboxylic acids is 1. The number of fused-ring (bicyclic) bond motifs is 2. The summed E-state index contributed by atoms with van der Waals surface area (Å²) in [5.74, 6) is 2.28. The van der Waals surface area contributed by atoms with Crippen LogP contribution in [0.5, 0.6) is 23.0 Å². The molecule has 2 aromatic rings. The van der Waals surface area contributed by atoms with Gasteiger partial charge >= 0.3 is 5.97 Å². The van der Waals surface area contributed by atoms with Crippen LogP contribution in [0, 0.1) is 0 Å². The van der Waals surface area contributed by atoms with Gasteiger partial charge in [0, 0.05) is 12.1 Å². The van der Waals surface area contributed by atoms with Gasteiger partial charge in [0.1, 0.15) is 11.3 Å². The highest BCUT2D eigenvalue weighted by atomic mass is 16.7. The van der Waals surface area contributed by atoms with Crippen molar-refractivity contribution in [2.75, 3.05) is 41.7 Å². The third-order valence-electron chi connectivity index (χ3n) is 4.97. The predicted octanol–water partition coefficient (Wildman–Crippen LogP) is 3.21. The average molecular weight is 397 g/mol. The minimum Gasteiger partial charge on any atom is -0.493 e. The highest BCUT2D eigenvalue weighted by Gasteiger charge is 2.32. The van der Waals surface area contributed by atoms with Crippen LogP contribution in [-0.2, 0) is 11.2 Å². The van der Waals surface area contributed by atoms with Crippen molar-refractivity contribution in [1.82, 2.24) is 4.90 Å². The predicted molar refractivity (Wildman–Crippen MR) is 108 cm³/mol. The summed E-state index contributed by atoms with van der Waals surface area (Å²) in [6.45, 7) is 1.08. The van der Waals surface area contributed by atoms with E-state index in [2.05, 4.69) is 4.90 Å². The van der Waals surface area contributed by atoms with Crippen LogP contribution in [0.25, 0.3) is 11.8 Å². The number of cyclic esters (lactones) is 1. The molecule has 0 saturated heterocycles. The van der Waals surface area contributed by atoms with E-state index >= 15 is 0 Å². The minimum atomic E-state index is -0.461. The molecule has 7 nitrogen and oxygen atoms in total. The summed E-state index contributed by atoms with van der Waals surface area (Å²) in [5.41, 5.74) is 3.04. The molecule has 0 amide bonds. The Labute approximate surface area is 169 Å². The van der Waals surface area contributed by atoms with Crippen molar-refractivity contribution in [3.05, 3.63) is 46.5 Å². The van der Waals surface area contributed by atoms with E-state index in [1.54, 1.807) is 12.1 Å². The lowest BCUT2D eigenvalue weighted by Gasteiger charge is -2.13. The molecule has 2 aromatic carbocycles.